The molecule has 2 aliphatic rings. The molecule has 1 unspecified atom stereocenters. The summed E-state index contributed by atoms with van der Waals surface area (Å²) in [5.41, 5.74) is 0. The molecule has 4 nitrogen and oxygen atoms in total. The van der Waals surface area contributed by atoms with Crippen molar-refractivity contribution in [2.75, 3.05) is 11.9 Å². The summed E-state index contributed by atoms with van der Waals surface area (Å²) >= 11 is 3.26. The van der Waals surface area contributed by atoms with Gasteiger partial charge < -0.3 is 10.2 Å². The van der Waals surface area contributed by atoms with Gasteiger partial charge in [0.25, 0.3) is 0 Å². The Hall–Kier alpha value is -0.580. The van der Waals surface area contributed by atoms with Crippen molar-refractivity contribution in [1.29, 1.82) is 0 Å². The van der Waals surface area contributed by atoms with Crippen molar-refractivity contribution in [3.8, 4) is 0 Å². The van der Waals surface area contributed by atoms with Gasteiger partial charge in [-0.1, -0.05) is 15.9 Å². The van der Waals surface area contributed by atoms with Crippen LogP contribution in [0, 0.1) is 0 Å². The number of halogens is 1. The first-order valence-corrected chi connectivity index (χ1v) is 7.00. The van der Waals surface area contributed by atoms with Crippen molar-refractivity contribution in [2.45, 2.75) is 44.2 Å². The fourth-order valence-corrected chi connectivity index (χ4v) is 2.43. The van der Waals surface area contributed by atoms with Crippen LogP contribution in [0.3, 0.4) is 0 Å². The average molecular weight is 289 g/mol. The van der Waals surface area contributed by atoms with E-state index in [0.29, 0.717) is 17.8 Å². The highest BCUT2D eigenvalue weighted by Crippen LogP contribution is 2.22. The van der Waals surface area contributed by atoms with Crippen molar-refractivity contribution in [3.05, 3.63) is 0 Å². The molecule has 0 spiro atoms. The number of carbonyl (C=O) groups excluding carboxylic acids is 2. The quantitative estimate of drug-likeness (QED) is 0.786. The molecule has 16 heavy (non-hydrogen) atoms. The third-order valence-electron chi connectivity index (χ3n) is 3.11. The second-order valence-corrected chi connectivity index (χ2v) is 5.26. The fourth-order valence-electron chi connectivity index (χ4n) is 2.09. The van der Waals surface area contributed by atoms with Gasteiger partial charge in [-0.25, -0.2) is 0 Å². The Morgan fingerprint density at radius 2 is 2.06 bits per heavy atom. The van der Waals surface area contributed by atoms with E-state index < -0.39 is 0 Å². The molecular weight excluding hydrogens is 272 g/mol. The minimum Gasteiger partial charge on any atom is -0.352 e. The zero-order valence-electron chi connectivity index (χ0n) is 9.25. The Labute approximate surface area is 104 Å². The molecule has 0 aromatic carbocycles. The lowest BCUT2D eigenvalue weighted by atomic mass is 10.2. The predicted octanol–water partition coefficient (Wildman–Crippen LogP) is 1.04. The fraction of sp³-hybridized carbons (Fsp3) is 0.818. The number of nitrogens with zero attached hydrogens (tertiary/aromatic N) is 1. The van der Waals surface area contributed by atoms with Crippen molar-refractivity contribution < 1.29 is 9.59 Å². The van der Waals surface area contributed by atoms with Crippen molar-refractivity contribution in [3.63, 3.8) is 0 Å². The van der Waals surface area contributed by atoms with Gasteiger partial charge in [0.05, 0.1) is 0 Å². The Bertz CT molecular complexity index is 292. The largest absolute Gasteiger partial charge is 0.352 e. The van der Waals surface area contributed by atoms with Gasteiger partial charge in [-0.15, -0.1) is 0 Å². The van der Waals surface area contributed by atoms with E-state index in [9.17, 15) is 9.59 Å². The zero-order chi connectivity index (χ0) is 11.5. The summed E-state index contributed by atoms with van der Waals surface area (Å²) in [5.74, 6) is 0.133. The van der Waals surface area contributed by atoms with E-state index in [1.165, 1.54) is 0 Å². The molecular formula is C11H17BrN2O2. The van der Waals surface area contributed by atoms with Gasteiger partial charge in [-0.3, -0.25) is 9.59 Å². The maximum absolute atomic E-state index is 11.9. The molecule has 1 aliphatic carbocycles. The van der Waals surface area contributed by atoms with Crippen LogP contribution in [0.25, 0.3) is 0 Å². The Balaban J connectivity index is 1.90. The minimum absolute atomic E-state index is 0.0444. The number of amides is 2. The summed E-state index contributed by atoms with van der Waals surface area (Å²) in [6, 6.07) is 0.161. The average Bonchev–Trinajstić information content (AvgIpc) is 2.93. The van der Waals surface area contributed by atoms with E-state index in [1.807, 2.05) is 0 Å². The first kappa shape index (κ1) is 11.9. The van der Waals surface area contributed by atoms with Crippen molar-refractivity contribution in [1.82, 2.24) is 10.2 Å². The number of alkyl halides is 1. The van der Waals surface area contributed by atoms with Crippen molar-refractivity contribution in [2.24, 2.45) is 0 Å². The van der Waals surface area contributed by atoms with Crippen LogP contribution in [-0.2, 0) is 9.59 Å². The van der Waals surface area contributed by atoms with Crippen LogP contribution in [0.1, 0.15) is 32.1 Å². The summed E-state index contributed by atoms with van der Waals surface area (Å²) < 4.78 is 0. The van der Waals surface area contributed by atoms with Gasteiger partial charge in [0.2, 0.25) is 11.8 Å². The number of likely N-dealkylation sites (tertiary alicyclic amines) is 1. The molecule has 1 aliphatic heterocycles. The van der Waals surface area contributed by atoms with Gasteiger partial charge >= 0.3 is 0 Å². The lowest BCUT2D eigenvalue weighted by Gasteiger charge is -2.23. The monoisotopic (exact) mass is 288 g/mol. The molecule has 0 bridgehead atoms. The van der Waals surface area contributed by atoms with Gasteiger partial charge in [-0.05, 0) is 25.7 Å². The minimum atomic E-state index is -0.216. The summed E-state index contributed by atoms with van der Waals surface area (Å²) in [7, 11) is 0. The Morgan fingerprint density at radius 3 is 2.69 bits per heavy atom. The summed E-state index contributed by atoms with van der Waals surface area (Å²) in [6.45, 7) is 0.731. The highest BCUT2D eigenvalue weighted by molar-refractivity contribution is 9.09. The molecule has 2 rings (SSSR count). The van der Waals surface area contributed by atoms with E-state index in [0.717, 1.165) is 32.2 Å². The lowest BCUT2D eigenvalue weighted by molar-refractivity contribution is -0.138. The Kier molecular flexibility index (Phi) is 3.84. The van der Waals surface area contributed by atoms with Crippen LogP contribution in [-0.4, -0.2) is 40.7 Å². The molecule has 0 aromatic heterocycles. The summed E-state index contributed by atoms with van der Waals surface area (Å²) in [5, 5.41) is 3.64. The van der Waals surface area contributed by atoms with E-state index in [2.05, 4.69) is 21.2 Å². The van der Waals surface area contributed by atoms with Crippen LogP contribution >= 0.6 is 15.9 Å². The smallest absolute Gasteiger partial charge is 0.243 e. The van der Waals surface area contributed by atoms with E-state index in [1.54, 1.807) is 4.90 Å². The molecule has 0 radical (unpaired) electrons. The Morgan fingerprint density at radius 1 is 1.31 bits per heavy atom. The third kappa shape index (κ3) is 2.75. The van der Waals surface area contributed by atoms with Crippen molar-refractivity contribution >= 4 is 27.7 Å². The van der Waals surface area contributed by atoms with Gasteiger partial charge in [0, 0.05) is 24.3 Å². The number of hydrogen-bond donors (Lipinski definition) is 1. The van der Waals surface area contributed by atoms with E-state index >= 15 is 0 Å². The summed E-state index contributed by atoms with van der Waals surface area (Å²) in [4.78, 5) is 25.4. The highest BCUT2D eigenvalue weighted by Gasteiger charge is 2.35. The van der Waals surface area contributed by atoms with Gasteiger partial charge in [0.15, 0.2) is 0 Å². The highest BCUT2D eigenvalue weighted by atomic mass is 79.9. The van der Waals surface area contributed by atoms with Crippen LogP contribution in [0.15, 0.2) is 0 Å². The molecule has 1 saturated carbocycles. The lowest BCUT2D eigenvalue weighted by Crippen LogP contribution is -2.46. The summed E-state index contributed by atoms with van der Waals surface area (Å²) in [6.07, 6.45) is 4.41. The first-order chi connectivity index (χ1) is 7.72. The molecule has 5 heteroatoms. The van der Waals surface area contributed by atoms with Crippen LogP contribution in [0.5, 0.6) is 0 Å². The number of carbonyl (C=O) groups is 2. The third-order valence-corrected chi connectivity index (χ3v) is 3.50. The zero-order valence-corrected chi connectivity index (χ0v) is 10.8. The number of hydrogen-bond acceptors (Lipinski definition) is 2. The predicted molar refractivity (Wildman–Crippen MR) is 64.3 cm³/mol. The first-order valence-electron chi connectivity index (χ1n) is 5.88. The van der Waals surface area contributed by atoms with Gasteiger partial charge in [0.1, 0.15) is 6.04 Å². The number of rotatable bonds is 4. The van der Waals surface area contributed by atoms with Crippen LogP contribution in [0.4, 0.5) is 0 Å². The second kappa shape index (κ2) is 5.17. The topological polar surface area (TPSA) is 49.4 Å². The van der Waals surface area contributed by atoms with E-state index in [4.69, 9.17) is 0 Å². The molecule has 2 fully saturated rings. The molecule has 2 amide bonds. The normalized spacial score (nSPS) is 24.6. The van der Waals surface area contributed by atoms with Crippen LogP contribution in [0.2, 0.25) is 0 Å². The maximum atomic E-state index is 11.9. The standard InChI is InChI=1S/C11H17BrN2O2/c12-6-5-10(15)14-7-1-2-9(14)11(16)13-8-3-4-8/h8-9H,1-7H2,(H,13,16). The maximum Gasteiger partial charge on any atom is 0.243 e. The molecule has 1 atom stereocenters. The van der Waals surface area contributed by atoms with E-state index in [-0.39, 0.29) is 17.9 Å². The molecule has 90 valence electrons. The van der Waals surface area contributed by atoms with Gasteiger partial charge in [-0.2, -0.15) is 0 Å². The molecule has 0 aromatic rings. The molecule has 1 saturated heterocycles. The SMILES string of the molecule is O=C(NC1CC1)C1CCCN1C(=O)CCBr. The molecule has 1 heterocycles. The number of nitrogens with one attached hydrogen (secondary N) is 1. The van der Waals surface area contributed by atoms with Crippen LogP contribution < -0.4 is 5.32 Å². The second-order valence-electron chi connectivity index (χ2n) is 4.47. The molecule has 1 N–H and O–H groups in total.